The second-order valence-electron chi connectivity index (χ2n) is 11.4. The van der Waals surface area contributed by atoms with Crippen LogP contribution in [0.4, 0.5) is 0 Å². The number of hydrogen-bond acceptors (Lipinski definition) is 0. The van der Waals surface area contributed by atoms with Crippen LogP contribution < -0.4 is 0 Å². The zero-order valence-corrected chi connectivity index (χ0v) is 23.7. The first-order valence-electron chi connectivity index (χ1n) is 14.3. The van der Waals surface area contributed by atoms with Crippen LogP contribution in [0.15, 0.2) is 72.8 Å². The fourth-order valence-corrected chi connectivity index (χ4v) is 6.60. The van der Waals surface area contributed by atoms with Gasteiger partial charge in [0.05, 0.1) is 5.41 Å². The Morgan fingerprint density at radius 1 is 0.459 bits per heavy atom. The van der Waals surface area contributed by atoms with Crippen molar-refractivity contribution in [2.45, 2.75) is 85.5 Å². The molecule has 37 heavy (non-hydrogen) atoms. The van der Waals surface area contributed by atoms with Crippen LogP contribution in [0, 0.1) is 27.7 Å². The largest absolute Gasteiger partial charge is 0.0719 e. The number of fused-ring (bicyclic) bond motifs is 3. The highest BCUT2D eigenvalue weighted by molar-refractivity contribution is 5.87. The number of benzene rings is 4. The molecule has 0 bridgehead atoms. The Morgan fingerprint density at radius 2 is 0.838 bits per heavy atom. The molecule has 0 saturated heterocycles. The molecule has 1 aliphatic carbocycles. The summed E-state index contributed by atoms with van der Waals surface area (Å²) in [6.45, 7) is 13.6. The van der Waals surface area contributed by atoms with Crippen molar-refractivity contribution in [3.63, 3.8) is 0 Å². The van der Waals surface area contributed by atoms with E-state index in [-0.39, 0.29) is 5.41 Å². The Labute approximate surface area is 224 Å². The van der Waals surface area contributed by atoms with Gasteiger partial charge in [-0.1, -0.05) is 122 Å². The molecule has 0 saturated carbocycles. The predicted molar refractivity (Wildman–Crippen MR) is 160 cm³/mol. The van der Waals surface area contributed by atoms with Crippen LogP contribution in [0.1, 0.15) is 95.2 Å². The van der Waals surface area contributed by atoms with E-state index in [2.05, 4.69) is 114 Å². The molecule has 4 aromatic rings. The van der Waals surface area contributed by atoms with Crippen molar-refractivity contribution in [3.05, 3.63) is 128 Å². The van der Waals surface area contributed by atoms with E-state index < -0.39 is 0 Å². The molecular weight excluding hydrogens is 444 g/mol. The van der Waals surface area contributed by atoms with Crippen LogP contribution in [0.3, 0.4) is 0 Å². The topological polar surface area (TPSA) is 0 Å². The summed E-state index contributed by atoms with van der Waals surface area (Å²) in [4.78, 5) is 0. The number of aryl methyl sites for hydroxylation is 6. The fraction of sp³-hybridized carbons (Fsp3) is 0.351. The van der Waals surface area contributed by atoms with Gasteiger partial charge in [-0.25, -0.2) is 0 Å². The van der Waals surface area contributed by atoms with Crippen molar-refractivity contribution >= 4 is 0 Å². The maximum absolute atomic E-state index is 2.48. The highest BCUT2D eigenvalue weighted by atomic mass is 14.5. The van der Waals surface area contributed by atoms with Gasteiger partial charge in [-0.2, -0.15) is 0 Å². The van der Waals surface area contributed by atoms with E-state index in [9.17, 15) is 0 Å². The van der Waals surface area contributed by atoms with Gasteiger partial charge < -0.3 is 0 Å². The maximum Gasteiger partial charge on any atom is 0.0719 e. The minimum atomic E-state index is -0.309. The minimum Gasteiger partial charge on any atom is -0.0654 e. The van der Waals surface area contributed by atoms with Crippen molar-refractivity contribution in [1.82, 2.24) is 0 Å². The summed E-state index contributed by atoms with van der Waals surface area (Å²) in [5.41, 5.74) is 16.7. The fourth-order valence-electron chi connectivity index (χ4n) is 6.60. The molecule has 0 unspecified atom stereocenters. The summed E-state index contributed by atoms with van der Waals surface area (Å²) in [7, 11) is 0. The first-order chi connectivity index (χ1) is 17.9. The summed E-state index contributed by atoms with van der Waals surface area (Å²) in [6.07, 6.45) is 7.08. The lowest BCUT2D eigenvalue weighted by Gasteiger charge is -2.38. The Bertz CT molecular complexity index is 1320. The number of rotatable bonds is 8. The smallest absolute Gasteiger partial charge is 0.0654 e. The Balaban J connectivity index is 1.97. The van der Waals surface area contributed by atoms with Gasteiger partial charge in [0, 0.05) is 0 Å². The van der Waals surface area contributed by atoms with Gasteiger partial charge in [0.25, 0.3) is 0 Å². The highest BCUT2D eigenvalue weighted by Gasteiger charge is 2.48. The van der Waals surface area contributed by atoms with Gasteiger partial charge in [-0.05, 0) is 97.9 Å². The minimum absolute atomic E-state index is 0.309. The van der Waals surface area contributed by atoms with Gasteiger partial charge in [0.15, 0.2) is 0 Å². The van der Waals surface area contributed by atoms with Crippen molar-refractivity contribution in [2.75, 3.05) is 0 Å². The lowest BCUT2D eigenvalue weighted by Crippen LogP contribution is -2.31. The maximum atomic E-state index is 2.48. The van der Waals surface area contributed by atoms with Crippen LogP contribution in [0.25, 0.3) is 11.1 Å². The molecule has 4 aromatic carbocycles. The second kappa shape index (κ2) is 10.3. The van der Waals surface area contributed by atoms with E-state index >= 15 is 0 Å². The Morgan fingerprint density at radius 3 is 1.24 bits per heavy atom. The van der Waals surface area contributed by atoms with Crippen molar-refractivity contribution < 1.29 is 0 Å². The van der Waals surface area contributed by atoms with E-state index in [1.807, 2.05) is 0 Å². The molecule has 0 fully saturated rings. The molecule has 0 heterocycles. The number of hydrogen-bond donors (Lipinski definition) is 0. The molecule has 0 nitrogen and oxygen atoms in total. The monoisotopic (exact) mass is 486 g/mol. The third kappa shape index (κ3) is 4.35. The average molecular weight is 487 g/mol. The molecule has 0 heteroatoms. The lowest BCUT2D eigenvalue weighted by molar-refractivity contribution is 0.705. The third-order valence-corrected chi connectivity index (χ3v) is 8.38. The molecule has 0 spiro atoms. The predicted octanol–water partition coefficient (Wildman–Crippen LogP) is 9.97. The van der Waals surface area contributed by atoms with Gasteiger partial charge in [0.1, 0.15) is 0 Å². The first kappa shape index (κ1) is 25.5. The van der Waals surface area contributed by atoms with Crippen LogP contribution in [0.5, 0.6) is 0 Å². The summed E-state index contributed by atoms with van der Waals surface area (Å²) in [5.74, 6) is 0. The van der Waals surface area contributed by atoms with Gasteiger partial charge >= 0.3 is 0 Å². The Hall–Kier alpha value is -3.12. The molecule has 0 aliphatic heterocycles. The normalized spacial score (nSPS) is 13.5. The van der Waals surface area contributed by atoms with Crippen molar-refractivity contribution in [2.24, 2.45) is 0 Å². The molecule has 190 valence electrons. The van der Waals surface area contributed by atoms with E-state index in [0.717, 1.165) is 12.8 Å². The quantitative estimate of drug-likeness (QED) is 0.205. The van der Waals surface area contributed by atoms with E-state index in [1.165, 1.54) is 92.4 Å². The molecule has 0 radical (unpaired) electrons. The van der Waals surface area contributed by atoms with E-state index in [0.29, 0.717) is 0 Å². The SMILES string of the molecule is CCCCc1cc(C)ccc1C1(c2ccc(C)cc2CCCC)c2cc(C)ccc2-c2ccc(C)cc21. The van der Waals surface area contributed by atoms with E-state index in [1.54, 1.807) is 0 Å². The highest BCUT2D eigenvalue weighted by Crippen LogP contribution is 2.58. The van der Waals surface area contributed by atoms with E-state index in [4.69, 9.17) is 0 Å². The van der Waals surface area contributed by atoms with Gasteiger partial charge in [0.2, 0.25) is 0 Å². The Kier molecular flexibility index (Phi) is 7.13. The molecule has 0 amide bonds. The summed E-state index contributed by atoms with van der Waals surface area (Å²) in [6, 6.07) is 28.9. The van der Waals surface area contributed by atoms with Crippen LogP contribution in [-0.2, 0) is 18.3 Å². The average Bonchev–Trinajstić information content (AvgIpc) is 3.15. The standard InChI is InChI=1S/C37H42/c1-7-9-11-29-21-25(3)15-19-33(29)37(34-20-16-26(4)22-30(34)12-10-8-2)35-23-27(5)13-17-31(35)32-18-14-28(6)24-36(32)37/h13-24H,7-12H2,1-6H3. The molecule has 5 rings (SSSR count). The van der Waals surface area contributed by atoms with Crippen LogP contribution in [0.2, 0.25) is 0 Å². The zero-order valence-electron chi connectivity index (χ0n) is 23.7. The lowest BCUT2D eigenvalue weighted by atomic mass is 9.64. The third-order valence-electron chi connectivity index (χ3n) is 8.38. The summed E-state index contributed by atoms with van der Waals surface area (Å²) >= 11 is 0. The van der Waals surface area contributed by atoms with Crippen LogP contribution in [-0.4, -0.2) is 0 Å². The molecule has 1 aliphatic rings. The van der Waals surface area contributed by atoms with Crippen molar-refractivity contribution in [3.8, 4) is 11.1 Å². The number of unbranched alkanes of at least 4 members (excludes halogenated alkanes) is 2. The van der Waals surface area contributed by atoms with Crippen molar-refractivity contribution in [1.29, 1.82) is 0 Å². The molecular formula is C37H42. The zero-order chi connectivity index (χ0) is 26.2. The summed E-state index contributed by atoms with van der Waals surface area (Å²) < 4.78 is 0. The molecule has 0 aromatic heterocycles. The van der Waals surface area contributed by atoms with Gasteiger partial charge in [-0.3, -0.25) is 0 Å². The first-order valence-corrected chi connectivity index (χ1v) is 14.3. The van der Waals surface area contributed by atoms with Crippen LogP contribution >= 0.6 is 0 Å². The van der Waals surface area contributed by atoms with Gasteiger partial charge in [-0.15, -0.1) is 0 Å². The summed E-state index contributed by atoms with van der Waals surface area (Å²) in [5, 5.41) is 0. The second-order valence-corrected chi connectivity index (χ2v) is 11.4. The molecule has 0 N–H and O–H groups in total. The molecule has 0 atom stereocenters.